The highest BCUT2D eigenvalue weighted by Gasteiger charge is 2.26. The molecule has 1 aromatic rings. The van der Waals surface area contributed by atoms with Gasteiger partial charge in [0.1, 0.15) is 10.6 Å². The molecule has 5 nitrogen and oxygen atoms in total. The fourth-order valence-corrected chi connectivity index (χ4v) is 4.72. The zero-order valence-electron chi connectivity index (χ0n) is 10.8. The molecular formula is C12H18N2O3S2. The van der Waals surface area contributed by atoms with Gasteiger partial charge in [0.2, 0.25) is 10.0 Å². The van der Waals surface area contributed by atoms with Crippen molar-refractivity contribution in [3.05, 3.63) is 23.8 Å². The fraction of sp³-hybridized carbons (Fsp3) is 0.500. The van der Waals surface area contributed by atoms with Crippen molar-refractivity contribution in [1.29, 1.82) is 0 Å². The first kappa shape index (κ1) is 14.6. The Bertz CT molecular complexity index is 540. The van der Waals surface area contributed by atoms with Crippen molar-refractivity contribution in [2.45, 2.75) is 23.9 Å². The van der Waals surface area contributed by atoms with E-state index in [2.05, 4.69) is 4.72 Å². The summed E-state index contributed by atoms with van der Waals surface area (Å²) in [5.41, 5.74) is 6.32. The predicted octanol–water partition coefficient (Wildman–Crippen LogP) is 0.938. The van der Waals surface area contributed by atoms with Gasteiger partial charge in [-0.15, -0.1) is 0 Å². The van der Waals surface area contributed by atoms with Gasteiger partial charge in [0.25, 0.3) is 0 Å². The Hall–Kier alpha value is -0.760. The lowest BCUT2D eigenvalue weighted by molar-refractivity contribution is 0.402. The number of methoxy groups -OCH3 is 1. The molecule has 0 spiro atoms. The molecule has 0 saturated carbocycles. The van der Waals surface area contributed by atoms with E-state index in [0.717, 1.165) is 23.5 Å². The van der Waals surface area contributed by atoms with E-state index in [1.54, 1.807) is 30.0 Å². The van der Waals surface area contributed by atoms with Gasteiger partial charge in [0.15, 0.2) is 0 Å². The van der Waals surface area contributed by atoms with Gasteiger partial charge in [-0.2, -0.15) is 11.8 Å². The second-order valence-corrected chi connectivity index (χ2v) is 7.20. The van der Waals surface area contributed by atoms with E-state index >= 15 is 0 Å². The molecule has 1 aromatic carbocycles. The number of thioether (sulfide) groups is 1. The fourth-order valence-electron chi connectivity index (χ4n) is 1.97. The molecule has 19 heavy (non-hydrogen) atoms. The second-order valence-electron chi connectivity index (χ2n) is 4.37. The van der Waals surface area contributed by atoms with E-state index in [9.17, 15) is 8.42 Å². The van der Waals surface area contributed by atoms with Crippen LogP contribution in [0.4, 0.5) is 0 Å². The average molecular weight is 302 g/mol. The summed E-state index contributed by atoms with van der Waals surface area (Å²) in [6.07, 6.45) is 0.864. The lowest BCUT2D eigenvalue weighted by Crippen LogP contribution is -2.34. The summed E-state index contributed by atoms with van der Waals surface area (Å²) in [7, 11) is -2.10. The first-order chi connectivity index (χ1) is 9.06. The van der Waals surface area contributed by atoms with Crippen molar-refractivity contribution < 1.29 is 13.2 Å². The number of ether oxygens (including phenoxy) is 1. The maximum Gasteiger partial charge on any atom is 0.244 e. The second kappa shape index (κ2) is 6.13. The lowest BCUT2D eigenvalue weighted by atomic mass is 10.2. The van der Waals surface area contributed by atoms with Crippen LogP contribution >= 0.6 is 11.8 Å². The molecular weight excluding hydrogens is 284 g/mol. The number of sulfonamides is 1. The van der Waals surface area contributed by atoms with Crippen molar-refractivity contribution in [3.8, 4) is 5.75 Å². The molecule has 1 aliphatic heterocycles. The molecule has 3 N–H and O–H groups in total. The molecule has 7 heteroatoms. The van der Waals surface area contributed by atoms with Gasteiger partial charge in [-0.25, -0.2) is 13.1 Å². The molecule has 1 fully saturated rings. The van der Waals surface area contributed by atoms with Crippen LogP contribution in [0.15, 0.2) is 23.1 Å². The van der Waals surface area contributed by atoms with Crippen molar-refractivity contribution >= 4 is 21.8 Å². The molecule has 0 amide bonds. The van der Waals surface area contributed by atoms with Gasteiger partial charge in [0, 0.05) is 18.3 Å². The molecule has 1 atom stereocenters. The third-order valence-electron chi connectivity index (χ3n) is 3.00. The topological polar surface area (TPSA) is 81.4 Å². The average Bonchev–Trinajstić information content (AvgIpc) is 2.90. The van der Waals surface area contributed by atoms with Crippen LogP contribution in [0, 0.1) is 0 Å². The van der Waals surface area contributed by atoms with Crippen molar-refractivity contribution in [1.82, 2.24) is 4.72 Å². The van der Waals surface area contributed by atoms with Crippen LogP contribution in [0.5, 0.6) is 5.75 Å². The molecule has 2 rings (SSSR count). The number of benzene rings is 1. The van der Waals surface area contributed by atoms with Crippen LogP contribution in [0.3, 0.4) is 0 Å². The number of nitrogens with two attached hydrogens (primary N) is 1. The molecule has 0 aliphatic carbocycles. The van der Waals surface area contributed by atoms with Crippen LogP contribution in [-0.2, 0) is 16.6 Å². The molecule has 0 aromatic heterocycles. The standard InChI is InChI=1S/C12H18N2O3S2/c1-17-11-3-2-9(7-13)6-12(11)19(15,16)14-10-4-5-18-8-10/h2-3,6,10,14H,4-5,7-8,13H2,1H3. The highest BCUT2D eigenvalue weighted by atomic mass is 32.2. The third-order valence-corrected chi connectivity index (χ3v) is 5.71. The highest BCUT2D eigenvalue weighted by Crippen LogP contribution is 2.26. The largest absolute Gasteiger partial charge is 0.495 e. The summed E-state index contributed by atoms with van der Waals surface area (Å²) in [5, 5.41) is 0. The van der Waals surface area contributed by atoms with Gasteiger partial charge in [-0.05, 0) is 29.9 Å². The van der Waals surface area contributed by atoms with E-state index in [-0.39, 0.29) is 10.9 Å². The minimum absolute atomic E-state index is 0.00115. The van der Waals surface area contributed by atoms with E-state index in [1.807, 2.05) is 0 Å². The van der Waals surface area contributed by atoms with Crippen LogP contribution in [0.2, 0.25) is 0 Å². The van der Waals surface area contributed by atoms with Gasteiger partial charge in [-0.1, -0.05) is 6.07 Å². The molecule has 1 aliphatic rings. The number of rotatable bonds is 5. The SMILES string of the molecule is COc1ccc(CN)cc1S(=O)(=O)NC1CCSC1. The van der Waals surface area contributed by atoms with Crippen molar-refractivity contribution in [2.24, 2.45) is 5.73 Å². The van der Waals surface area contributed by atoms with Gasteiger partial charge in [-0.3, -0.25) is 0 Å². The molecule has 106 valence electrons. The first-order valence-electron chi connectivity index (χ1n) is 6.04. The Morgan fingerprint density at radius 2 is 2.32 bits per heavy atom. The van der Waals surface area contributed by atoms with Crippen LogP contribution in [0.25, 0.3) is 0 Å². The summed E-state index contributed by atoms with van der Waals surface area (Å²) >= 11 is 1.76. The van der Waals surface area contributed by atoms with E-state index in [4.69, 9.17) is 10.5 Å². The number of hydrogen-bond donors (Lipinski definition) is 2. The molecule has 1 saturated heterocycles. The number of nitrogens with one attached hydrogen (secondary N) is 1. The monoisotopic (exact) mass is 302 g/mol. The van der Waals surface area contributed by atoms with Crippen LogP contribution in [-0.4, -0.2) is 33.1 Å². The summed E-state index contributed by atoms with van der Waals surface area (Å²) in [5.74, 6) is 2.15. The Morgan fingerprint density at radius 1 is 1.53 bits per heavy atom. The van der Waals surface area contributed by atoms with Crippen LogP contribution in [0.1, 0.15) is 12.0 Å². The highest BCUT2D eigenvalue weighted by molar-refractivity contribution is 7.99. The normalized spacial score (nSPS) is 19.6. The van der Waals surface area contributed by atoms with Crippen molar-refractivity contribution in [3.63, 3.8) is 0 Å². The van der Waals surface area contributed by atoms with Crippen molar-refractivity contribution in [2.75, 3.05) is 18.6 Å². The summed E-state index contributed by atoms with van der Waals surface area (Å²) in [6, 6.07) is 4.98. The summed E-state index contributed by atoms with van der Waals surface area (Å²) in [4.78, 5) is 0.162. The van der Waals surface area contributed by atoms with E-state index in [1.165, 1.54) is 7.11 Å². The summed E-state index contributed by atoms with van der Waals surface area (Å²) < 4.78 is 32.6. The number of hydrogen-bond acceptors (Lipinski definition) is 5. The Labute approximate surface area is 118 Å². The lowest BCUT2D eigenvalue weighted by Gasteiger charge is -2.15. The van der Waals surface area contributed by atoms with Crippen LogP contribution < -0.4 is 15.2 Å². The predicted molar refractivity (Wildman–Crippen MR) is 76.9 cm³/mol. The Kier molecular flexibility index (Phi) is 4.72. The smallest absolute Gasteiger partial charge is 0.244 e. The van der Waals surface area contributed by atoms with E-state index < -0.39 is 10.0 Å². The Morgan fingerprint density at radius 3 is 2.89 bits per heavy atom. The van der Waals surface area contributed by atoms with Gasteiger partial charge >= 0.3 is 0 Å². The minimum atomic E-state index is -3.56. The quantitative estimate of drug-likeness (QED) is 0.846. The first-order valence-corrected chi connectivity index (χ1v) is 8.67. The zero-order valence-corrected chi connectivity index (χ0v) is 12.4. The van der Waals surface area contributed by atoms with Gasteiger partial charge in [0.05, 0.1) is 7.11 Å². The third kappa shape index (κ3) is 3.42. The van der Waals surface area contributed by atoms with Gasteiger partial charge < -0.3 is 10.5 Å². The maximum absolute atomic E-state index is 12.4. The Balaban J connectivity index is 2.32. The molecule has 1 unspecified atom stereocenters. The molecule has 0 bridgehead atoms. The zero-order chi connectivity index (χ0) is 13.9. The molecule has 1 heterocycles. The molecule has 0 radical (unpaired) electrons. The summed E-state index contributed by atoms with van der Waals surface area (Å²) in [6.45, 7) is 0.297. The minimum Gasteiger partial charge on any atom is -0.495 e. The van der Waals surface area contributed by atoms with E-state index in [0.29, 0.717) is 12.3 Å². The maximum atomic E-state index is 12.4.